The number of ether oxygens (including phenoxy) is 2. The Labute approximate surface area is 212 Å². The van der Waals surface area contributed by atoms with Crippen LogP contribution in [0.25, 0.3) is 0 Å². The summed E-state index contributed by atoms with van der Waals surface area (Å²) in [4.78, 5) is 15.0. The summed E-state index contributed by atoms with van der Waals surface area (Å²) in [7, 11) is -2.47. The molecular formula is C28H31NO6S. The molecule has 0 saturated carbocycles. The number of rotatable bonds is 9. The van der Waals surface area contributed by atoms with Gasteiger partial charge in [-0.15, -0.1) is 0 Å². The summed E-state index contributed by atoms with van der Waals surface area (Å²) in [5.41, 5.74) is 2.62. The van der Waals surface area contributed by atoms with Gasteiger partial charge >= 0.3 is 0 Å². The smallest absolute Gasteiger partial charge is 0.244 e. The molecule has 1 amide bonds. The van der Waals surface area contributed by atoms with Gasteiger partial charge in [-0.25, -0.2) is 8.42 Å². The molecule has 1 N–H and O–H groups in total. The molecule has 1 aliphatic heterocycles. The van der Waals surface area contributed by atoms with Crippen LogP contribution in [0.3, 0.4) is 0 Å². The molecule has 0 bridgehead atoms. The molecule has 0 spiro atoms. The van der Waals surface area contributed by atoms with Crippen LogP contribution in [0.5, 0.6) is 5.75 Å². The van der Waals surface area contributed by atoms with E-state index in [2.05, 4.69) is 0 Å². The minimum atomic E-state index is -4.03. The van der Waals surface area contributed by atoms with E-state index in [1.165, 1.54) is 17.0 Å². The van der Waals surface area contributed by atoms with Crippen LogP contribution in [-0.2, 0) is 32.5 Å². The Morgan fingerprint density at radius 2 is 1.61 bits per heavy atom. The quantitative estimate of drug-likeness (QED) is 0.473. The topological polar surface area (TPSA) is 93.1 Å². The number of methoxy groups -OCH3 is 1. The lowest BCUT2D eigenvalue weighted by atomic mass is 9.94. The lowest BCUT2D eigenvalue weighted by Crippen LogP contribution is -2.57. The highest BCUT2D eigenvalue weighted by Crippen LogP contribution is 2.33. The van der Waals surface area contributed by atoms with E-state index < -0.39 is 33.1 Å². The van der Waals surface area contributed by atoms with E-state index in [-0.39, 0.29) is 31.1 Å². The Morgan fingerprint density at radius 1 is 0.944 bits per heavy atom. The number of aliphatic hydroxyl groups excluding tert-OH is 1. The maximum atomic E-state index is 13.7. The molecule has 0 radical (unpaired) electrons. The van der Waals surface area contributed by atoms with Crippen LogP contribution in [0.15, 0.2) is 83.8 Å². The van der Waals surface area contributed by atoms with Crippen molar-refractivity contribution < 1.29 is 27.8 Å². The average Bonchev–Trinajstić information content (AvgIpc) is 2.87. The maximum Gasteiger partial charge on any atom is 0.244 e. The molecule has 4 rings (SSSR count). The third kappa shape index (κ3) is 5.78. The zero-order chi connectivity index (χ0) is 25.7. The third-order valence-corrected chi connectivity index (χ3v) is 8.65. The number of carbonyl (C=O) groups excluding carboxylic acids is 1. The van der Waals surface area contributed by atoms with E-state index in [0.717, 1.165) is 16.7 Å². The Bertz CT molecular complexity index is 1260. The Kier molecular flexibility index (Phi) is 8.08. The highest BCUT2D eigenvalue weighted by molar-refractivity contribution is 7.92. The first kappa shape index (κ1) is 25.9. The van der Waals surface area contributed by atoms with Gasteiger partial charge in [-0.1, -0.05) is 60.2 Å². The maximum absolute atomic E-state index is 13.7. The first-order valence-electron chi connectivity index (χ1n) is 11.8. The summed E-state index contributed by atoms with van der Waals surface area (Å²) in [5.74, 6) is -0.659. The summed E-state index contributed by atoms with van der Waals surface area (Å²) < 4.78 is 38.5. The fourth-order valence-corrected chi connectivity index (χ4v) is 6.37. The Balaban J connectivity index is 1.60. The number of nitrogens with zero attached hydrogens (tertiary/aromatic N) is 1. The van der Waals surface area contributed by atoms with Crippen molar-refractivity contribution in [2.24, 2.45) is 5.92 Å². The number of aryl methyl sites for hydroxylation is 1. The molecule has 190 valence electrons. The molecule has 36 heavy (non-hydrogen) atoms. The summed E-state index contributed by atoms with van der Waals surface area (Å²) in [6, 6.07) is 23.1. The monoisotopic (exact) mass is 509 g/mol. The van der Waals surface area contributed by atoms with Gasteiger partial charge in [0.2, 0.25) is 5.91 Å². The summed E-state index contributed by atoms with van der Waals surface area (Å²) in [6.45, 7) is 2.27. The minimum Gasteiger partial charge on any atom is -0.497 e. The molecule has 3 aromatic carbocycles. The van der Waals surface area contributed by atoms with Crippen molar-refractivity contribution in [2.75, 3.05) is 13.7 Å². The van der Waals surface area contributed by atoms with Gasteiger partial charge < -0.3 is 19.5 Å². The second-order valence-electron chi connectivity index (χ2n) is 9.07. The first-order chi connectivity index (χ1) is 17.3. The molecule has 1 saturated heterocycles. The number of likely N-dealkylation sites (tertiary alicyclic amines) is 1. The molecule has 1 aliphatic rings. The molecule has 1 heterocycles. The first-order valence-corrected chi connectivity index (χ1v) is 13.4. The van der Waals surface area contributed by atoms with Crippen LogP contribution in [0.4, 0.5) is 0 Å². The highest BCUT2D eigenvalue weighted by atomic mass is 32.2. The van der Waals surface area contributed by atoms with E-state index >= 15 is 0 Å². The number of hydrogen-bond acceptors (Lipinski definition) is 6. The number of carbonyl (C=O) groups is 1. The number of amides is 1. The van der Waals surface area contributed by atoms with Gasteiger partial charge in [0.1, 0.15) is 17.2 Å². The molecule has 0 aliphatic carbocycles. The van der Waals surface area contributed by atoms with Gasteiger partial charge in [0.25, 0.3) is 0 Å². The van der Waals surface area contributed by atoms with Crippen LogP contribution in [-0.4, -0.2) is 49.5 Å². The fourth-order valence-electron chi connectivity index (χ4n) is 4.46. The van der Waals surface area contributed by atoms with Crippen molar-refractivity contribution >= 4 is 15.7 Å². The van der Waals surface area contributed by atoms with Crippen molar-refractivity contribution in [1.82, 2.24) is 4.90 Å². The lowest BCUT2D eigenvalue weighted by Gasteiger charge is -2.40. The van der Waals surface area contributed by atoms with Crippen molar-refractivity contribution in [2.45, 2.75) is 42.9 Å². The molecule has 3 atom stereocenters. The van der Waals surface area contributed by atoms with E-state index in [0.29, 0.717) is 5.75 Å². The van der Waals surface area contributed by atoms with E-state index in [1.807, 2.05) is 37.3 Å². The van der Waals surface area contributed by atoms with Gasteiger partial charge in [0.05, 0.1) is 25.2 Å². The highest BCUT2D eigenvalue weighted by Gasteiger charge is 2.48. The predicted molar refractivity (Wildman–Crippen MR) is 136 cm³/mol. The second-order valence-corrected chi connectivity index (χ2v) is 11.1. The van der Waals surface area contributed by atoms with Crippen molar-refractivity contribution in [3.05, 3.63) is 95.6 Å². The number of aliphatic hydroxyl groups is 1. The molecule has 0 aromatic heterocycles. The van der Waals surface area contributed by atoms with E-state index in [1.54, 1.807) is 43.5 Å². The molecule has 7 nitrogen and oxygen atoms in total. The number of sulfone groups is 1. The molecule has 1 fully saturated rings. The normalized spacial score (nSPS) is 20.4. The van der Waals surface area contributed by atoms with Gasteiger partial charge in [-0.3, -0.25) is 4.79 Å². The van der Waals surface area contributed by atoms with Crippen LogP contribution < -0.4 is 4.74 Å². The van der Waals surface area contributed by atoms with Crippen LogP contribution in [0.1, 0.15) is 23.1 Å². The van der Waals surface area contributed by atoms with Crippen molar-refractivity contribution in [3.63, 3.8) is 0 Å². The number of benzene rings is 3. The number of hydrogen-bond donors (Lipinski definition) is 1. The molecule has 3 aromatic rings. The van der Waals surface area contributed by atoms with Gasteiger partial charge in [0, 0.05) is 12.5 Å². The van der Waals surface area contributed by atoms with Crippen LogP contribution >= 0.6 is 0 Å². The average molecular weight is 510 g/mol. The number of piperidine rings is 1. The SMILES string of the molecule is COc1ccc(CN2C(=O)C(S(=O)(=O)c3ccc(C)cc3)C(COCc3ccccc3)CC2O)cc1. The summed E-state index contributed by atoms with van der Waals surface area (Å²) in [5, 5.41) is 9.55. The zero-order valence-electron chi connectivity index (χ0n) is 20.4. The van der Waals surface area contributed by atoms with Crippen LogP contribution in [0, 0.1) is 12.8 Å². The van der Waals surface area contributed by atoms with E-state index in [9.17, 15) is 18.3 Å². The zero-order valence-corrected chi connectivity index (χ0v) is 21.2. The Hall–Kier alpha value is -3.20. The van der Waals surface area contributed by atoms with Crippen LogP contribution in [0.2, 0.25) is 0 Å². The fraction of sp³-hybridized carbons (Fsp3) is 0.321. The second kappa shape index (κ2) is 11.2. The molecular weight excluding hydrogens is 478 g/mol. The Morgan fingerprint density at radius 3 is 2.25 bits per heavy atom. The summed E-state index contributed by atoms with van der Waals surface area (Å²) >= 11 is 0. The molecule has 8 heteroatoms. The van der Waals surface area contributed by atoms with Gasteiger partial charge in [-0.05, 0) is 48.7 Å². The van der Waals surface area contributed by atoms with Crippen molar-refractivity contribution in [1.29, 1.82) is 0 Å². The standard InChI is InChI=1S/C28H31NO6S/c1-20-8-14-25(15-9-20)36(32,33)27-23(19-35-18-22-6-4-3-5-7-22)16-26(30)29(28(27)31)17-21-10-12-24(34-2)13-11-21/h3-15,23,26-27,30H,16-19H2,1-2H3. The van der Waals surface area contributed by atoms with Gasteiger partial charge in [-0.2, -0.15) is 0 Å². The largest absolute Gasteiger partial charge is 0.497 e. The van der Waals surface area contributed by atoms with E-state index in [4.69, 9.17) is 9.47 Å². The van der Waals surface area contributed by atoms with Crippen molar-refractivity contribution in [3.8, 4) is 5.75 Å². The molecule has 3 unspecified atom stereocenters. The van der Waals surface area contributed by atoms with Gasteiger partial charge in [0.15, 0.2) is 9.84 Å². The minimum absolute atomic E-state index is 0.0316. The lowest BCUT2D eigenvalue weighted by molar-refractivity contribution is -0.152. The predicted octanol–water partition coefficient (Wildman–Crippen LogP) is 3.73. The summed E-state index contributed by atoms with van der Waals surface area (Å²) in [6.07, 6.45) is -1.04. The third-order valence-electron chi connectivity index (χ3n) is 6.47.